The first-order valence-electron chi connectivity index (χ1n) is 11.6. The minimum absolute atomic E-state index is 0.0143. The highest BCUT2D eigenvalue weighted by atomic mass is 19.4. The smallest absolute Gasteiger partial charge is 0.416 e. The Morgan fingerprint density at radius 3 is 2.33 bits per heavy atom. The van der Waals surface area contributed by atoms with Gasteiger partial charge >= 0.3 is 12.1 Å². The Morgan fingerprint density at radius 2 is 1.72 bits per heavy atom. The number of aliphatic hydroxyl groups excluding tert-OH is 1. The molecule has 0 amide bonds. The number of aromatic nitrogens is 3. The number of nitrogens with zero attached hydrogens (tertiary/aromatic N) is 3. The van der Waals surface area contributed by atoms with Gasteiger partial charge in [-0.05, 0) is 49.1 Å². The van der Waals surface area contributed by atoms with E-state index in [9.17, 15) is 28.2 Å². The van der Waals surface area contributed by atoms with Gasteiger partial charge in [-0.2, -0.15) is 18.3 Å². The normalized spacial score (nSPS) is 14.5. The van der Waals surface area contributed by atoms with Crippen LogP contribution in [-0.2, 0) is 16.4 Å². The summed E-state index contributed by atoms with van der Waals surface area (Å²) in [7, 11) is 0. The van der Waals surface area contributed by atoms with E-state index in [-0.39, 0.29) is 6.61 Å². The van der Waals surface area contributed by atoms with Crippen molar-refractivity contribution in [1.82, 2.24) is 14.6 Å². The molecule has 6 nitrogen and oxygen atoms in total. The highest BCUT2D eigenvalue weighted by Gasteiger charge is 2.45. The molecule has 4 aromatic rings. The van der Waals surface area contributed by atoms with E-state index in [4.69, 9.17) is 0 Å². The lowest BCUT2D eigenvalue weighted by Gasteiger charge is -2.35. The van der Waals surface area contributed by atoms with Gasteiger partial charge in [-0.25, -0.2) is 9.50 Å². The van der Waals surface area contributed by atoms with Gasteiger partial charge < -0.3 is 10.2 Å². The number of hydrogen-bond acceptors (Lipinski definition) is 4. The lowest BCUT2D eigenvalue weighted by Crippen LogP contribution is -2.41. The number of aliphatic carboxylic acids is 1. The standard InChI is InChI=1S/C27H26F3N3O3/c1-26(25(35)36,22(9-5-6-16-34)19-7-3-2-4-8-19)23-14-15-31-24-21(17-32-33(23)24)18-10-12-20(13-11-18)27(28,29)30/h2-4,7-8,10-15,17,22,34H,5-6,9,16H2,1H3,(H,35,36)/t22?,26-/m0/s1. The molecule has 2 aromatic heterocycles. The number of benzene rings is 2. The molecule has 1 unspecified atom stereocenters. The zero-order valence-electron chi connectivity index (χ0n) is 19.6. The van der Waals surface area contributed by atoms with Crippen LogP contribution in [0.3, 0.4) is 0 Å². The molecule has 2 heterocycles. The predicted octanol–water partition coefficient (Wildman–Crippen LogP) is 5.70. The van der Waals surface area contributed by atoms with Crippen molar-refractivity contribution in [2.24, 2.45) is 0 Å². The molecular formula is C27H26F3N3O3. The van der Waals surface area contributed by atoms with Crippen molar-refractivity contribution in [1.29, 1.82) is 0 Å². The third-order valence-corrected chi connectivity index (χ3v) is 6.70. The number of carboxylic acid groups (broad SMARTS) is 1. The van der Waals surface area contributed by atoms with Crippen LogP contribution in [0.15, 0.2) is 73.1 Å². The number of hydrogen-bond donors (Lipinski definition) is 2. The van der Waals surface area contributed by atoms with Gasteiger partial charge in [0, 0.05) is 24.3 Å². The molecule has 0 radical (unpaired) electrons. The van der Waals surface area contributed by atoms with E-state index in [0.717, 1.165) is 17.7 Å². The summed E-state index contributed by atoms with van der Waals surface area (Å²) in [5.41, 5.74) is 0.403. The van der Waals surface area contributed by atoms with Crippen LogP contribution in [0.4, 0.5) is 13.2 Å². The molecule has 36 heavy (non-hydrogen) atoms. The summed E-state index contributed by atoms with van der Waals surface area (Å²) in [5, 5.41) is 24.3. The summed E-state index contributed by atoms with van der Waals surface area (Å²) in [6, 6.07) is 15.7. The van der Waals surface area contributed by atoms with Gasteiger partial charge in [0.05, 0.1) is 17.5 Å². The Labute approximate surface area is 206 Å². The fourth-order valence-corrected chi connectivity index (χ4v) is 4.70. The van der Waals surface area contributed by atoms with Gasteiger partial charge in [-0.15, -0.1) is 0 Å². The molecule has 2 aromatic carbocycles. The molecule has 9 heteroatoms. The van der Waals surface area contributed by atoms with Crippen LogP contribution in [0.5, 0.6) is 0 Å². The maximum absolute atomic E-state index is 13.0. The van der Waals surface area contributed by atoms with E-state index in [2.05, 4.69) is 10.1 Å². The number of halogens is 3. The molecule has 2 N–H and O–H groups in total. The number of carboxylic acids is 1. The van der Waals surface area contributed by atoms with Gasteiger partial charge in [-0.1, -0.05) is 48.9 Å². The fourth-order valence-electron chi connectivity index (χ4n) is 4.70. The van der Waals surface area contributed by atoms with Crippen molar-refractivity contribution in [2.75, 3.05) is 6.61 Å². The summed E-state index contributed by atoms with van der Waals surface area (Å²) in [6.45, 7) is 1.67. The van der Waals surface area contributed by atoms with E-state index in [1.54, 1.807) is 13.0 Å². The molecule has 0 bridgehead atoms. The zero-order valence-corrected chi connectivity index (χ0v) is 19.6. The highest BCUT2D eigenvalue weighted by Crippen LogP contribution is 2.43. The quantitative estimate of drug-likeness (QED) is 0.290. The largest absolute Gasteiger partial charge is 0.481 e. The summed E-state index contributed by atoms with van der Waals surface area (Å²) in [4.78, 5) is 17.3. The van der Waals surface area contributed by atoms with Crippen LogP contribution >= 0.6 is 0 Å². The SMILES string of the molecule is C[C@@](C(=O)O)(c1ccnc2c(-c3ccc(C(F)(F)F)cc3)cnn12)C(CCCCO)c1ccccc1. The average Bonchev–Trinajstić information content (AvgIpc) is 3.30. The van der Waals surface area contributed by atoms with Gasteiger partial charge in [0.25, 0.3) is 0 Å². The van der Waals surface area contributed by atoms with Gasteiger partial charge in [0.2, 0.25) is 0 Å². The highest BCUT2D eigenvalue weighted by molar-refractivity contribution is 5.83. The summed E-state index contributed by atoms with van der Waals surface area (Å²) >= 11 is 0. The maximum Gasteiger partial charge on any atom is 0.416 e. The second-order valence-corrected chi connectivity index (χ2v) is 8.89. The lowest BCUT2D eigenvalue weighted by molar-refractivity contribution is -0.144. The van der Waals surface area contributed by atoms with Crippen LogP contribution in [-0.4, -0.2) is 37.4 Å². The van der Waals surface area contributed by atoms with Crippen molar-refractivity contribution in [3.63, 3.8) is 0 Å². The molecule has 0 aliphatic heterocycles. The number of aliphatic hydroxyl groups is 1. The molecule has 2 atom stereocenters. The Hall–Kier alpha value is -3.72. The van der Waals surface area contributed by atoms with Crippen LogP contribution in [0.1, 0.15) is 48.9 Å². The minimum atomic E-state index is -4.45. The van der Waals surface area contributed by atoms with Gasteiger partial charge in [-0.3, -0.25) is 4.79 Å². The molecule has 0 aliphatic rings. The van der Waals surface area contributed by atoms with Crippen molar-refractivity contribution in [3.05, 3.63) is 89.9 Å². The monoisotopic (exact) mass is 497 g/mol. The second kappa shape index (κ2) is 10.1. The van der Waals surface area contributed by atoms with E-state index in [0.29, 0.717) is 41.7 Å². The molecule has 0 spiro atoms. The Kier molecular flexibility index (Phi) is 7.12. The topological polar surface area (TPSA) is 87.7 Å². The van der Waals surface area contributed by atoms with Crippen molar-refractivity contribution in [3.8, 4) is 11.1 Å². The number of carbonyl (C=O) groups is 1. The van der Waals surface area contributed by atoms with Gasteiger partial charge in [0.1, 0.15) is 5.41 Å². The Morgan fingerprint density at radius 1 is 1.03 bits per heavy atom. The predicted molar refractivity (Wildman–Crippen MR) is 129 cm³/mol. The van der Waals surface area contributed by atoms with Crippen LogP contribution < -0.4 is 0 Å². The lowest BCUT2D eigenvalue weighted by atomic mass is 9.69. The first-order chi connectivity index (χ1) is 17.2. The number of unbranched alkanes of at least 4 members (excludes halogenated alkanes) is 1. The van der Waals surface area contributed by atoms with Crippen LogP contribution in [0, 0.1) is 0 Å². The van der Waals surface area contributed by atoms with Crippen molar-refractivity contribution in [2.45, 2.75) is 43.7 Å². The molecule has 188 valence electrons. The Bertz CT molecular complexity index is 1340. The fraction of sp³-hybridized carbons (Fsp3) is 0.296. The van der Waals surface area contributed by atoms with Crippen LogP contribution in [0.2, 0.25) is 0 Å². The van der Waals surface area contributed by atoms with Crippen LogP contribution in [0.25, 0.3) is 16.8 Å². The van der Waals surface area contributed by atoms with E-state index >= 15 is 0 Å². The molecule has 0 aliphatic carbocycles. The van der Waals surface area contributed by atoms with Gasteiger partial charge in [0.15, 0.2) is 5.65 Å². The minimum Gasteiger partial charge on any atom is -0.481 e. The molecule has 4 rings (SSSR count). The van der Waals surface area contributed by atoms with Crippen molar-refractivity contribution < 1.29 is 28.2 Å². The number of alkyl halides is 3. The van der Waals surface area contributed by atoms with E-state index < -0.39 is 29.0 Å². The molecule has 0 saturated heterocycles. The first kappa shape index (κ1) is 25.4. The zero-order chi connectivity index (χ0) is 25.9. The third kappa shape index (κ3) is 4.70. The average molecular weight is 498 g/mol. The maximum atomic E-state index is 13.0. The second-order valence-electron chi connectivity index (χ2n) is 8.89. The third-order valence-electron chi connectivity index (χ3n) is 6.70. The molecule has 0 fully saturated rings. The van der Waals surface area contributed by atoms with Crippen molar-refractivity contribution >= 4 is 11.6 Å². The summed E-state index contributed by atoms with van der Waals surface area (Å²) in [5.74, 6) is -1.48. The summed E-state index contributed by atoms with van der Waals surface area (Å²) < 4.78 is 40.5. The summed E-state index contributed by atoms with van der Waals surface area (Å²) in [6.07, 6.45) is 0.228. The Balaban J connectivity index is 1.84. The first-order valence-corrected chi connectivity index (χ1v) is 11.6. The van der Waals surface area contributed by atoms with E-state index in [1.807, 2.05) is 30.3 Å². The number of rotatable bonds is 9. The molecule has 0 saturated carbocycles. The van der Waals surface area contributed by atoms with E-state index in [1.165, 1.54) is 29.0 Å². The molecular weight excluding hydrogens is 471 g/mol. The number of fused-ring (bicyclic) bond motifs is 1.